The first-order chi connectivity index (χ1) is 9.55. The van der Waals surface area contributed by atoms with Crippen molar-refractivity contribution in [1.29, 1.82) is 0 Å². The van der Waals surface area contributed by atoms with Gasteiger partial charge in [-0.1, -0.05) is 52.2 Å². The molecular formula is C18H29NS. The highest BCUT2D eigenvalue weighted by atomic mass is 32.2. The molecule has 2 rings (SSSR count). The zero-order valence-corrected chi connectivity index (χ0v) is 14.1. The number of benzene rings is 1. The van der Waals surface area contributed by atoms with E-state index in [4.69, 9.17) is 0 Å². The van der Waals surface area contributed by atoms with Crippen molar-refractivity contribution in [3.8, 4) is 0 Å². The predicted octanol–water partition coefficient (Wildman–Crippen LogP) is 5.00. The lowest BCUT2D eigenvalue weighted by atomic mass is 9.87. The second-order valence-electron chi connectivity index (χ2n) is 6.91. The molecule has 1 aromatic carbocycles. The van der Waals surface area contributed by atoms with Gasteiger partial charge in [-0.05, 0) is 36.0 Å². The number of nitrogens with one attached hydrogen (secondary N) is 1. The van der Waals surface area contributed by atoms with E-state index in [0.29, 0.717) is 0 Å². The van der Waals surface area contributed by atoms with Gasteiger partial charge in [0.05, 0.1) is 0 Å². The van der Waals surface area contributed by atoms with Gasteiger partial charge in [0.1, 0.15) is 0 Å². The maximum atomic E-state index is 3.71. The van der Waals surface area contributed by atoms with Crippen LogP contribution in [0.4, 0.5) is 0 Å². The van der Waals surface area contributed by atoms with Crippen LogP contribution in [0.2, 0.25) is 0 Å². The van der Waals surface area contributed by atoms with E-state index in [-0.39, 0.29) is 5.41 Å². The van der Waals surface area contributed by atoms with Crippen LogP contribution in [0.5, 0.6) is 0 Å². The minimum absolute atomic E-state index is 0.256. The summed E-state index contributed by atoms with van der Waals surface area (Å²) in [7, 11) is 0. The smallest absolute Gasteiger partial charge is 0.0106 e. The molecule has 0 spiro atoms. The molecule has 0 aromatic heterocycles. The Labute approximate surface area is 128 Å². The Bertz CT molecular complexity index is 385. The van der Waals surface area contributed by atoms with Gasteiger partial charge in [-0.15, -0.1) is 11.8 Å². The maximum absolute atomic E-state index is 3.71. The predicted molar refractivity (Wildman–Crippen MR) is 90.7 cm³/mol. The molecule has 1 N–H and O–H groups in total. The van der Waals surface area contributed by atoms with Crippen LogP contribution in [0, 0.1) is 0 Å². The molecule has 0 amide bonds. The Morgan fingerprint density at radius 3 is 2.30 bits per heavy atom. The van der Waals surface area contributed by atoms with Gasteiger partial charge in [-0.25, -0.2) is 0 Å². The highest BCUT2D eigenvalue weighted by Crippen LogP contribution is 2.25. The lowest BCUT2D eigenvalue weighted by Gasteiger charge is -2.22. The molecule has 0 aliphatic heterocycles. The fraction of sp³-hybridized carbons (Fsp3) is 0.667. The Hall–Kier alpha value is -0.470. The van der Waals surface area contributed by atoms with Crippen LogP contribution in [0.1, 0.15) is 58.4 Å². The van der Waals surface area contributed by atoms with Crippen molar-refractivity contribution in [2.24, 2.45) is 0 Å². The molecule has 1 nitrogen and oxygen atoms in total. The largest absolute Gasteiger partial charge is 0.313 e. The molecule has 0 atom stereocenters. The van der Waals surface area contributed by atoms with Crippen molar-refractivity contribution in [3.63, 3.8) is 0 Å². The standard InChI is InChI=1S/C18H29NS/c1-18(2,3)15-9-11-17(12-10-15)20-14-13-19-16-7-5-4-6-8-16/h9-12,16,19H,4-8,13-14H2,1-3H3. The summed E-state index contributed by atoms with van der Waals surface area (Å²) in [6, 6.07) is 9.87. The van der Waals surface area contributed by atoms with Crippen molar-refractivity contribution >= 4 is 11.8 Å². The van der Waals surface area contributed by atoms with Crippen LogP contribution in [0.3, 0.4) is 0 Å². The summed E-state index contributed by atoms with van der Waals surface area (Å²) in [5.41, 5.74) is 1.67. The Balaban J connectivity index is 1.68. The van der Waals surface area contributed by atoms with Crippen LogP contribution in [-0.2, 0) is 5.41 Å². The van der Waals surface area contributed by atoms with Crippen molar-refractivity contribution in [2.75, 3.05) is 12.3 Å². The molecule has 0 radical (unpaired) electrons. The first kappa shape index (κ1) is 15.9. The third kappa shape index (κ3) is 5.14. The summed E-state index contributed by atoms with van der Waals surface area (Å²) in [5.74, 6) is 1.17. The zero-order valence-electron chi connectivity index (χ0n) is 13.2. The average Bonchev–Trinajstić information content (AvgIpc) is 2.44. The van der Waals surface area contributed by atoms with Crippen LogP contribution in [0.15, 0.2) is 29.2 Å². The first-order valence-electron chi connectivity index (χ1n) is 8.02. The van der Waals surface area contributed by atoms with E-state index >= 15 is 0 Å². The molecule has 112 valence electrons. The molecular weight excluding hydrogens is 262 g/mol. The molecule has 1 fully saturated rings. The SMILES string of the molecule is CC(C)(C)c1ccc(SCCNC2CCCCC2)cc1. The van der Waals surface area contributed by atoms with E-state index < -0.39 is 0 Å². The molecule has 1 aromatic rings. The summed E-state index contributed by atoms with van der Waals surface area (Å²) in [4.78, 5) is 1.39. The molecule has 1 saturated carbocycles. The van der Waals surface area contributed by atoms with Crippen molar-refractivity contribution in [1.82, 2.24) is 5.32 Å². The van der Waals surface area contributed by atoms with Gasteiger partial charge in [-0.3, -0.25) is 0 Å². The van der Waals surface area contributed by atoms with Crippen molar-refractivity contribution < 1.29 is 0 Å². The van der Waals surface area contributed by atoms with Crippen LogP contribution < -0.4 is 5.32 Å². The molecule has 1 aliphatic rings. The minimum atomic E-state index is 0.256. The van der Waals surface area contributed by atoms with Gasteiger partial charge >= 0.3 is 0 Å². The van der Waals surface area contributed by atoms with Gasteiger partial charge in [-0.2, -0.15) is 0 Å². The number of rotatable bonds is 5. The molecule has 0 saturated heterocycles. The van der Waals surface area contributed by atoms with Gasteiger partial charge in [0.2, 0.25) is 0 Å². The average molecular weight is 292 g/mol. The van der Waals surface area contributed by atoms with E-state index in [9.17, 15) is 0 Å². The molecule has 0 unspecified atom stereocenters. The lowest BCUT2D eigenvalue weighted by Crippen LogP contribution is -2.32. The van der Waals surface area contributed by atoms with E-state index in [1.54, 1.807) is 0 Å². The number of hydrogen-bond donors (Lipinski definition) is 1. The number of thioether (sulfide) groups is 1. The highest BCUT2D eigenvalue weighted by molar-refractivity contribution is 7.99. The summed E-state index contributed by atoms with van der Waals surface area (Å²) in [5, 5.41) is 3.71. The van der Waals surface area contributed by atoms with Crippen molar-refractivity contribution in [2.45, 2.75) is 69.2 Å². The minimum Gasteiger partial charge on any atom is -0.313 e. The van der Waals surface area contributed by atoms with Crippen LogP contribution >= 0.6 is 11.8 Å². The first-order valence-corrected chi connectivity index (χ1v) is 9.01. The number of hydrogen-bond acceptors (Lipinski definition) is 2. The van der Waals surface area contributed by atoms with E-state index in [0.717, 1.165) is 12.6 Å². The van der Waals surface area contributed by atoms with Gasteiger partial charge in [0.25, 0.3) is 0 Å². The summed E-state index contributed by atoms with van der Waals surface area (Å²) in [6.07, 6.45) is 7.03. The topological polar surface area (TPSA) is 12.0 Å². The lowest BCUT2D eigenvalue weighted by molar-refractivity contribution is 0.381. The molecule has 0 bridgehead atoms. The summed E-state index contributed by atoms with van der Waals surface area (Å²) >= 11 is 1.97. The maximum Gasteiger partial charge on any atom is 0.0106 e. The Kier molecular flexibility index (Phi) is 5.98. The monoisotopic (exact) mass is 291 g/mol. The van der Waals surface area contributed by atoms with E-state index in [1.165, 1.54) is 48.3 Å². The third-order valence-corrected chi connectivity index (χ3v) is 5.14. The second kappa shape index (κ2) is 7.51. The fourth-order valence-electron chi connectivity index (χ4n) is 2.79. The van der Waals surface area contributed by atoms with E-state index in [2.05, 4.69) is 50.4 Å². The fourth-order valence-corrected chi connectivity index (χ4v) is 3.57. The van der Waals surface area contributed by atoms with Crippen molar-refractivity contribution in [3.05, 3.63) is 29.8 Å². The molecule has 0 heterocycles. The Morgan fingerprint density at radius 1 is 1.05 bits per heavy atom. The normalized spacial score (nSPS) is 17.4. The second-order valence-corrected chi connectivity index (χ2v) is 8.08. The van der Waals surface area contributed by atoms with E-state index in [1.807, 2.05) is 11.8 Å². The molecule has 2 heteroatoms. The van der Waals surface area contributed by atoms with Gasteiger partial charge < -0.3 is 5.32 Å². The van der Waals surface area contributed by atoms with Crippen LogP contribution in [0.25, 0.3) is 0 Å². The summed E-state index contributed by atoms with van der Waals surface area (Å²) < 4.78 is 0. The highest BCUT2D eigenvalue weighted by Gasteiger charge is 2.13. The summed E-state index contributed by atoms with van der Waals surface area (Å²) in [6.45, 7) is 7.94. The van der Waals surface area contributed by atoms with Gasteiger partial charge in [0, 0.05) is 23.2 Å². The quantitative estimate of drug-likeness (QED) is 0.605. The zero-order chi connectivity index (χ0) is 14.4. The molecule has 20 heavy (non-hydrogen) atoms. The third-order valence-electron chi connectivity index (χ3n) is 4.13. The van der Waals surface area contributed by atoms with Crippen LogP contribution in [-0.4, -0.2) is 18.3 Å². The van der Waals surface area contributed by atoms with Gasteiger partial charge in [0.15, 0.2) is 0 Å². The Morgan fingerprint density at radius 2 is 1.70 bits per heavy atom. The molecule has 1 aliphatic carbocycles.